The third kappa shape index (κ3) is 2.64. The van der Waals surface area contributed by atoms with Crippen molar-refractivity contribution in [2.24, 2.45) is 5.92 Å². The summed E-state index contributed by atoms with van der Waals surface area (Å²) in [5.41, 5.74) is 1.86. The Morgan fingerprint density at radius 2 is 2.00 bits per heavy atom. The van der Waals surface area contributed by atoms with Crippen LogP contribution in [0.3, 0.4) is 0 Å². The van der Waals surface area contributed by atoms with Gasteiger partial charge in [-0.15, -0.1) is 0 Å². The monoisotopic (exact) mass is 306 g/mol. The van der Waals surface area contributed by atoms with E-state index >= 15 is 0 Å². The molecule has 2 fully saturated rings. The fraction of sp³-hybridized carbons (Fsp3) is 0.500. The van der Waals surface area contributed by atoms with Gasteiger partial charge in [-0.2, -0.15) is 0 Å². The number of rotatable bonds is 2. The number of hydrogen-bond donors (Lipinski definition) is 0. The predicted molar refractivity (Wildman–Crippen MR) is 82.4 cm³/mol. The number of carbonyl (C=O) groups excluding carboxylic acids is 2. The van der Waals surface area contributed by atoms with Crippen LogP contribution in [-0.2, 0) is 9.59 Å². The van der Waals surface area contributed by atoms with Crippen molar-refractivity contribution in [3.63, 3.8) is 0 Å². The molecule has 21 heavy (non-hydrogen) atoms. The van der Waals surface area contributed by atoms with E-state index in [9.17, 15) is 9.59 Å². The minimum atomic E-state index is -0.387. The van der Waals surface area contributed by atoms with Crippen LogP contribution < -0.4 is 4.90 Å². The highest BCUT2D eigenvalue weighted by Gasteiger charge is 2.41. The van der Waals surface area contributed by atoms with Crippen LogP contribution in [0.5, 0.6) is 0 Å². The number of halogens is 1. The molecule has 2 amide bonds. The number of carbonyl (C=O) groups is 2. The molecule has 4 nitrogen and oxygen atoms in total. The number of amides is 2. The molecule has 2 aliphatic rings. The molecule has 0 unspecified atom stereocenters. The van der Waals surface area contributed by atoms with Gasteiger partial charge in [-0.05, 0) is 50.5 Å². The lowest BCUT2D eigenvalue weighted by molar-refractivity contribution is -0.141. The second-order valence-corrected chi connectivity index (χ2v) is 6.34. The van der Waals surface area contributed by atoms with E-state index < -0.39 is 0 Å². The minimum Gasteiger partial charge on any atom is -0.329 e. The van der Waals surface area contributed by atoms with Crippen molar-refractivity contribution in [1.29, 1.82) is 0 Å². The van der Waals surface area contributed by atoms with Crippen LogP contribution in [0.25, 0.3) is 0 Å². The van der Waals surface area contributed by atoms with E-state index in [4.69, 9.17) is 11.6 Å². The van der Waals surface area contributed by atoms with Gasteiger partial charge in [0.2, 0.25) is 11.8 Å². The topological polar surface area (TPSA) is 40.6 Å². The average Bonchev–Trinajstić information content (AvgIpc) is 3.26. The van der Waals surface area contributed by atoms with Crippen molar-refractivity contribution >= 4 is 29.1 Å². The molecular formula is C16H19ClN2O2. The third-order valence-corrected chi connectivity index (χ3v) is 4.55. The Kier molecular flexibility index (Phi) is 3.66. The summed E-state index contributed by atoms with van der Waals surface area (Å²) in [4.78, 5) is 28.3. The lowest BCUT2D eigenvalue weighted by Crippen LogP contribution is -2.58. The van der Waals surface area contributed by atoms with Gasteiger partial charge in [-0.1, -0.05) is 11.6 Å². The molecule has 1 saturated heterocycles. The number of benzene rings is 1. The number of nitrogens with zero attached hydrogens (tertiary/aromatic N) is 2. The van der Waals surface area contributed by atoms with Crippen molar-refractivity contribution in [3.8, 4) is 0 Å². The first-order valence-corrected chi connectivity index (χ1v) is 7.75. The first-order chi connectivity index (χ1) is 9.99. The van der Waals surface area contributed by atoms with Gasteiger partial charge in [0.15, 0.2) is 0 Å². The van der Waals surface area contributed by atoms with Crippen LogP contribution >= 0.6 is 11.6 Å². The van der Waals surface area contributed by atoms with E-state index in [1.165, 1.54) is 0 Å². The molecular weight excluding hydrogens is 288 g/mol. The minimum absolute atomic E-state index is 0.0133. The fourth-order valence-electron chi connectivity index (χ4n) is 2.90. The van der Waals surface area contributed by atoms with Crippen molar-refractivity contribution in [2.75, 3.05) is 18.0 Å². The second-order valence-electron chi connectivity index (χ2n) is 5.90. The van der Waals surface area contributed by atoms with Crippen LogP contribution in [0, 0.1) is 12.8 Å². The number of anilines is 1. The summed E-state index contributed by atoms with van der Waals surface area (Å²) in [5.74, 6) is 0.285. The molecule has 0 radical (unpaired) electrons. The lowest BCUT2D eigenvalue weighted by atomic mass is 10.1. The van der Waals surface area contributed by atoms with Crippen LogP contribution in [0.4, 0.5) is 5.69 Å². The van der Waals surface area contributed by atoms with Crippen LogP contribution in [0.15, 0.2) is 18.2 Å². The van der Waals surface area contributed by atoms with Gasteiger partial charge in [-0.25, -0.2) is 0 Å². The van der Waals surface area contributed by atoms with Gasteiger partial charge in [0.25, 0.3) is 0 Å². The molecule has 112 valence electrons. The zero-order chi connectivity index (χ0) is 15.1. The molecule has 1 aliphatic heterocycles. The van der Waals surface area contributed by atoms with E-state index in [2.05, 4.69) is 0 Å². The van der Waals surface area contributed by atoms with Crippen molar-refractivity contribution in [1.82, 2.24) is 4.90 Å². The van der Waals surface area contributed by atoms with E-state index in [-0.39, 0.29) is 23.8 Å². The molecule has 1 atom stereocenters. The Labute approximate surface area is 129 Å². The van der Waals surface area contributed by atoms with E-state index in [0.717, 1.165) is 24.1 Å². The van der Waals surface area contributed by atoms with Gasteiger partial charge in [0.1, 0.15) is 6.04 Å². The Morgan fingerprint density at radius 3 is 2.62 bits per heavy atom. The normalized spacial score (nSPS) is 22.6. The molecule has 1 aromatic carbocycles. The fourth-order valence-corrected chi connectivity index (χ4v) is 3.12. The zero-order valence-electron chi connectivity index (χ0n) is 12.3. The standard InChI is InChI=1S/C16H19ClN2O2/c1-10-9-13(17)5-6-14(10)19-8-7-18(11(2)15(19)20)16(21)12-3-4-12/h5-6,9,11-12H,3-4,7-8H2,1-2H3/t11-/m1/s1. The molecule has 0 bridgehead atoms. The van der Waals surface area contributed by atoms with Crippen molar-refractivity contribution < 1.29 is 9.59 Å². The second kappa shape index (κ2) is 5.34. The molecule has 1 saturated carbocycles. The van der Waals surface area contributed by atoms with Crippen LogP contribution in [0.1, 0.15) is 25.3 Å². The van der Waals surface area contributed by atoms with Crippen molar-refractivity contribution in [2.45, 2.75) is 32.7 Å². The maximum absolute atomic E-state index is 12.6. The smallest absolute Gasteiger partial charge is 0.249 e. The quantitative estimate of drug-likeness (QED) is 0.843. The number of piperazine rings is 1. The predicted octanol–water partition coefficient (Wildman–Crippen LogP) is 2.62. The molecule has 1 heterocycles. The Hall–Kier alpha value is -1.55. The summed E-state index contributed by atoms with van der Waals surface area (Å²) in [6.07, 6.45) is 1.94. The molecule has 1 aliphatic carbocycles. The summed E-state index contributed by atoms with van der Waals surface area (Å²) in [6.45, 7) is 4.91. The molecule has 0 N–H and O–H groups in total. The van der Waals surface area contributed by atoms with Gasteiger partial charge >= 0.3 is 0 Å². The first kappa shape index (κ1) is 14.4. The van der Waals surface area contributed by atoms with Gasteiger partial charge in [0.05, 0.1) is 0 Å². The Morgan fingerprint density at radius 1 is 1.29 bits per heavy atom. The first-order valence-electron chi connectivity index (χ1n) is 7.37. The molecule has 1 aromatic rings. The van der Waals surface area contributed by atoms with E-state index in [1.54, 1.807) is 15.9 Å². The molecule has 5 heteroatoms. The SMILES string of the molecule is Cc1cc(Cl)ccc1N1CCN(C(=O)C2CC2)[C@H](C)C1=O. The summed E-state index contributed by atoms with van der Waals surface area (Å²) in [6, 6.07) is 5.14. The maximum atomic E-state index is 12.6. The average molecular weight is 307 g/mol. The van der Waals surface area contributed by atoms with Crippen LogP contribution in [0.2, 0.25) is 5.02 Å². The van der Waals surface area contributed by atoms with E-state index in [1.807, 2.05) is 26.0 Å². The summed E-state index contributed by atoms with van der Waals surface area (Å²) < 4.78 is 0. The number of hydrogen-bond acceptors (Lipinski definition) is 2. The molecule has 0 spiro atoms. The molecule has 3 rings (SSSR count). The Balaban J connectivity index is 1.80. The highest BCUT2D eigenvalue weighted by atomic mass is 35.5. The highest BCUT2D eigenvalue weighted by molar-refractivity contribution is 6.30. The summed E-state index contributed by atoms with van der Waals surface area (Å²) in [7, 11) is 0. The van der Waals surface area contributed by atoms with Crippen molar-refractivity contribution in [3.05, 3.63) is 28.8 Å². The van der Waals surface area contributed by atoms with E-state index in [0.29, 0.717) is 18.1 Å². The third-order valence-electron chi connectivity index (χ3n) is 4.31. The summed E-state index contributed by atoms with van der Waals surface area (Å²) in [5, 5.41) is 0.666. The molecule has 0 aromatic heterocycles. The number of aryl methyl sites for hydroxylation is 1. The van der Waals surface area contributed by atoms with Crippen LogP contribution in [-0.4, -0.2) is 35.8 Å². The van der Waals surface area contributed by atoms with Gasteiger partial charge in [0, 0.05) is 29.7 Å². The maximum Gasteiger partial charge on any atom is 0.249 e. The summed E-state index contributed by atoms with van der Waals surface area (Å²) >= 11 is 5.97. The van der Waals surface area contributed by atoms with Gasteiger partial charge in [-0.3, -0.25) is 9.59 Å². The lowest BCUT2D eigenvalue weighted by Gasteiger charge is -2.39. The highest BCUT2D eigenvalue weighted by Crippen LogP contribution is 2.33. The Bertz CT molecular complexity index is 598. The van der Waals surface area contributed by atoms with Gasteiger partial charge < -0.3 is 9.80 Å². The zero-order valence-corrected chi connectivity index (χ0v) is 13.1. The largest absolute Gasteiger partial charge is 0.329 e.